The minimum absolute atomic E-state index is 0.0230. The summed E-state index contributed by atoms with van der Waals surface area (Å²) in [7, 11) is 0. The lowest BCUT2D eigenvalue weighted by Gasteiger charge is -2.22. The van der Waals surface area contributed by atoms with Crippen molar-refractivity contribution in [2.75, 3.05) is 0 Å². The monoisotopic (exact) mass is 556 g/mol. The smallest absolute Gasteiger partial charge is 0.315 e. The van der Waals surface area contributed by atoms with Crippen molar-refractivity contribution in [3.05, 3.63) is 84.4 Å². The summed E-state index contributed by atoms with van der Waals surface area (Å²) in [5.74, 6) is -3.06. The highest BCUT2D eigenvalue weighted by molar-refractivity contribution is 5.96. The first-order chi connectivity index (χ1) is 19.5. The van der Waals surface area contributed by atoms with Gasteiger partial charge in [0.15, 0.2) is 23.0 Å². The van der Waals surface area contributed by atoms with E-state index in [-0.39, 0.29) is 69.9 Å². The molecule has 4 rings (SSSR count). The normalized spacial score (nSPS) is 11.7. The van der Waals surface area contributed by atoms with Crippen molar-refractivity contribution in [1.29, 1.82) is 0 Å². The maximum Gasteiger partial charge on any atom is 0.315 e. The van der Waals surface area contributed by atoms with E-state index in [2.05, 4.69) is 0 Å². The second-order valence-corrected chi connectivity index (χ2v) is 10.2. The van der Waals surface area contributed by atoms with Crippen molar-refractivity contribution >= 4 is 11.9 Å². The van der Waals surface area contributed by atoms with Gasteiger partial charge in [0.05, 0.1) is 17.5 Å². The van der Waals surface area contributed by atoms with Crippen LogP contribution in [0.1, 0.15) is 32.8 Å². The molecule has 4 N–H and O–H groups in total. The molecule has 41 heavy (non-hydrogen) atoms. The van der Waals surface area contributed by atoms with Crippen molar-refractivity contribution < 1.29 is 39.5 Å². The highest BCUT2D eigenvalue weighted by atomic mass is 16.6. The van der Waals surface area contributed by atoms with E-state index in [1.165, 1.54) is 48.5 Å². The summed E-state index contributed by atoms with van der Waals surface area (Å²) in [5.41, 5.74) is 1.04. The van der Waals surface area contributed by atoms with Crippen molar-refractivity contribution in [3.63, 3.8) is 0 Å². The summed E-state index contributed by atoms with van der Waals surface area (Å²) >= 11 is 0. The number of rotatable bonds is 9. The van der Waals surface area contributed by atoms with E-state index < -0.39 is 23.4 Å². The number of esters is 2. The minimum atomic E-state index is -0.710. The molecule has 0 bridgehead atoms. The SMILES string of the molecule is CC(C)[C@@H](C)CC(=O)Oc1c(O)c(-c2ccc(O)cc2)c(OC(=O)Cc2ccccc2)c(O)c1-c1ccc(O)cc1. The topological polar surface area (TPSA) is 134 Å². The fourth-order valence-corrected chi connectivity index (χ4v) is 4.24. The predicted octanol–water partition coefficient (Wildman–Crippen LogP) is 6.58. The van der Waals surface area contributed by atoms with Gasteiger partial charge in [-0.05, 0) is 52.8 Å². The van der Waals surface area contributed by atoms with E-state index in [9.17, 15) is 30.0 Å². The Balaban J connectivity index is 1.91. The molecule has 4 aromatic carbocycles. The molecule has 0 heterocycles. The molecule has 8 nitrogen and oxygen atoms in total. The molecule has 4 aromatic rings. The molecule has 0 saturated carbocycles. The van der Waals surface area contributed by atoms with Gasteiger partial charge in [-0.2, -0.15) is 0 Å². The van der Waals surface area contributed by atoms with Crippen LogP contribution in [0.2, 0.25) is 0 Å². The molecular formula is C33H32O8. The van der Waals surface area contributed by atoms with E-state index in [0.29, 0.717) is 5.56 Å². The molecule has 0 fully saturated rings. The maximum atomic E-state index is 13.0. The van der Waals surface area contributed by atoms with Crippen LogP contribution in [0.3, 0.4) is 0 Å². The molecule has 0 amide bonds. The molecule has 212 valence electrons. The van der Waals surface area contributed by atoms with E-state index in [4.69, 9.17) is 9.47 Å². The van der Waals surface area contributed by atoms with Crippen LogP contribution in [0.4, 0.5) is 0 Å². The van der Waals surface area contributed by atoms with Crippen LogP contribution in [-0.2, 0) is 16.0 Å². The number of carbonyl (C=O) groups is 2. The third-order valence-electron chi connectivity index (χ3n) is 6.92. The standard InChI is InChI=1S/C33H32O8/c1-19(2)20(3)17-26(36)40-32-28(22-9-13-24(34)14-10-22)31(39)33(41-27(37)18-21-7-5-4-6-8-21)29(30(32)38)23-11-15-25(35)16-12-23/h4-16,19-20,34-35,38-39H,17-18H2,1-3H3/t20-/m0/s1. The first kappa shape index (κ1) is 29.0. The van der Waals surface area contributed by atoms with Crippen molar-refractivity contribution in [2.45, 2.75) is 33.6 Å². The molecule has 0 aromatic heterocycles. The molecule has 0 aliphatic rings. The Bertz CT molecular complexity index is 1530. The van der Waals surface area contributed by atoms with Gasteiger partial charge < -0.3 is 29.9 Å². The molecule has 0 unspecified atom stereocenters. The highest BCUT2D eigenvalue weighted by Crippen LogP contribution is 2.56. The number of phenolic OH excluding ortho intramolecular Hbond substituents is 4. The minimum Gasteiger partial charge on any atom is -0.508 e. The quantitative estimate of drug-likeness (QED) is 0.103. The number of ether oxygens (including phenoxy) is 2. The Labute approximate surface area is 238 Å². The Kier molecular flexibility index (Phi) is 8.82. The fourth-order valence-electron chi connectivity index (χ4n) is 4.24. The van der Waals surface area contributed by atoms with E-state index in [1.54, 1.807) is 24.3 Å². The molecule has 1 atom stereocenters. The van der Waals surface area contributed by atoms with Crippen molar-refractivity contribution in [3.8, 4) is 56.8 Å². The molecule has 8 heteroatoms. The van der Waals surface area contributed by atoms with Gasteiger partial charge in [-0.3, -0.25) is 9.59 Å². The lowest BCUT2D eigenvalue weighted by molar-refractivity contribution is -0.136. The summed E-state index contributed by atoms with van der Waals surface area (Å²) in [6.45, 7) is 5.86. The van der Waals surface area contributed by atoms with Crippen LogP contribution < -0.4 is 9.47 Å². The van der Waals surface area contributed by atoms with Gasteiger partial charge in [-0.25, -0.2) is 0 Å². The Morgan fingerprint density at radius 3 is 1.51 bits per heavy atom. The average Bonchev–Trinajstić information content (AvgIpc) is 2.93. The first-order valence-corrected chi connectivity index (χ1v) is 13.2. The first-order valence-electron chi connectivity index (χ1n) is 13.2. The summed E-state index contributed by atoms with van der Waals surface area (Å²) in [6.07, 6.45) is -0.0658. The molecule has 0 aliphatic heterocycles. The van der Waals surface area contributed by atoms with Crippen LogP contribution in [0, 0.1) is 11.8 Å². The second kappa shape index (κ2) is 12.5. The Hall–Kier alpha value is -4.98. The summed E-state index contributed by atoms with van der Waals surface area (Å²) < 4.78 is 11.4. The van der Waals surface area contributed by atoms with Crippen LogP contribution in [-0.4, -0.2) is 32.4 Å². The Morgan fingerprint density at radius 2 is 1.07 bits per heavy atom. The van der Waals surface area contributed by atoms with Crippen LogP contribution >= 0.6 is 0 Å². The lowest BCUT2D eigenvalue weighted by Crippen LogP contribution is -2.17. The van der Waals surface area contributed by atoms with Gasteiger partial charge in [0.1, 0.15) is 11.5 Å². The number of phenols is 4. The maximum absolute atomic E-state index is 13.0. The third-order valence-corrected chi connectivity index (χ3v) is 6.92. The largest absolute Gasteiger partial charge is 0.508 e. The van der Waals surface area contributed by atoms with Gasteiger partial charge in [0.2, 0.25) is 0 Å². The molecule has 0 spiro atoms. The van der Waals surface area contributed by atoms with Crippen molar-refractivity contribution in [1.82, 2.24) is 0 Å². The number of hydrogen-bond acceptors (Lipinski definition) is 8. The zero-order valence-corrected chi connectivity index (χ0v) is 23.0. The number of hydrogen-bond donors (Lipinski definition) is 4. The van der Waals surface area contributed by atoms with E-state index in [0.717, 1.165) is 0 Å². The van der Waals surface area contributed by atoms with Crippen molar-refractivity contribution in [2.24, 2.45) is 11.8 Å². The van der Waals surface area contributed by atoms with Crippen LogP contribution in [0.5, 0.6) is 34.5 Å². The molecular weight excluding hydrogens is 524 g/mol. The number of benzene rings is 4. The highest BCUT2D eigenvalue weighted by Gasteiger charge is 2.31. The van der Waals surface area contributed by atoms with E-state index >= 15 is 0 Å². The summed E-state index contributed by atoms with van der Waals surface area (Å²) in [5, 5.41) is 42.9. The average molecular weight is 557 g/mol. The van der Waals surface area contributed by atoms with Crippen LogP contribution in [0.25, 0.3) is 22.3 Å². The zero-order valence-electron chi connectivity index (χ0n) is 23.0. The third kappa shape index (κ3) is 6.78. The molecule has 0 aliphatic carbocycles. The molecule has 0 radical (unpaired) electrons. The fraction of sp³-hybridized carbons (Fsp3) is 0.212. The lowest BCUT2D eigenvalue weighted by atomic mass is 9.94. The predicted molar refractivity (Wildman–Crippen MR) is 154 cm³/mol. The van der Waals surface area contributed by atoms with Gasteiger partial charge in [-0.15, -0.1) is 0 Å². The van der Waals surface area contributed by atoms with Gasteiger partial charge in [0, 0.05) is 6.42 Å². The van der Waals surface area contributed by atoms with Gasteiger partial charge >= 0.3 is 11.9 Å². The zero-order chi connectivity index (χ0) is 29.7. The molecule has 0 saturated heterocycles. The number of carbonyl (C=O) groups excluding carboxylic acids is 2. The summed E-state index contributed by atoms with van der Waals surface area (Å²) in [4.78, 5) is 26.1. The second-order valence-electron chi connectivity index (χ2n) is 10.2. The van der Waals surface area contributed by atoms with Gasteiger partial charge in [-0.1, -0.05) is 75.4 Å². The number of aromatic hydroxyl groups is 4. The van der Waals surface area contributed by atoms with E-state index in [1.807, 2.05) is 26.8 Å². The Morgan fingerprint density at radius 1 is 0.634 bits per heavy atom. The summed E-state index contributed by atoms with van der Waals surface area (Å²) in [6, 6.07) is 20.2. The van der Waals surface area contributed by atoms with Crippen LogP contribution in [0.15, 0.2) is 78.9 Å². The van der Waals surface area contributed by atoms with Gasteiger partial charge in [0.25, 0.3) is 0 Å².